The highest BCUT2D eigenvalue weighted by Crippen LogP contribution is 2.34. The van der Waals surface area contributed by atoms with Crippen molar-refractivity contribution in [2.75, 3.05) is 18.0 Å². The van der Waals surface area contributed by atoms with E-state index in [0.717, 1.165) is 47.6 Å². The van der Waals surface area contributed by atoms with Crippen molar-refractivity contribution in [2.24, 2.45) is 0 Å². The first-order valence-corrected chi connectivity index (χ1v) is 9.51. The number of nitrogens with one attached hydrogen (secondary N) is 1. The molecule has 3 aromatic heterocycles. The summed E-state index contributed by atoms with van der Waals surface area (Å²) in [6, 6.07) is 14.7. The molecule has 5 nitrogen and oxygen atoms in total. The van der Waals surface area contributed by atoms with E-state index in [9.17, 15) is 0 Å². The second-order valence-corrected chi connectivity index (χ2v) is 7.17. The summed E-state index contributed by atoms with van der Waals surface area (Å²) in [6.45, 7) is 5.67. The second kappa shape index (κ2) is 6.93. The highest BCUT2D eigenvalue weighted by atomic mass is 15.1. The fourth-order valence-electron chi connectivity index (χ4n) is 4.01. The molecule has 1 N–H and O–H groups in total. The third-order valence-electron chi connectivity index (χ3n) is 5.34. The molecule has 0 fully saturated rings. The van der Waals surface area contributed by atoms with Gasteiger partial charge in [0, 0.05) is 48.8 Å². The second-order valence-electron chi connectivity index (χ2n) is 7.17. The number of para-hydroxylation sites is 1. The zero-order chi connectivity index (χ0) is 18.9. The van der Waals surface area contributed by atoms with Gasteiger partial charge in [-0.1, -0.05) is 24.3 Å². The van der Waals surface area contributed by atoms with Crippen LogP contribution < -0.4 is 4.90 Å². The van der Waals surface area contributed by atoms with E-state index in [-0.39, 0.29) is 0 Å². The van der Waals surface area contributed by atoms with Crippen LogP contribution in [0.1, 0.15) is 17.3 Å². The van der Waals surface area contributed by atoms with Gasteiger partial charge in [-0.05, 0) is 41.8 Å². The lowest BCUT2D eigenvalue weighted by Crippen LogP contribution is -2.34. The largest absolute Gasteiger partial charge is 0.367 e. The smallest absolute Gasteiger partial charge is 0.157 e. The molecule has 1 aliphatic heterocycles. The molecule has 4 aromatic rings. The van der Waals surface area contributed by atoms with Crippen LogP contribution in [0.25, 0.3) is 22.3 Å². The molecule has 1 unspecified atom stereocenters. The third-order valence-corrected chi connectivity index (χ3v) is 5.34. The van der Waals surface area contributed by atoms with Gasteiger partial charge in [0.25, 0.3) is 0 Å². The zero-order valence-electron chi connectivity index (χ0n) is 15.5. The van der Waals surface area contributed by atoms with E-state index in [4.69, 9.17) is 4.98 Å². The maximum Gasteiger partial charge on any atom is 0.157 e. The monoisotopic (exact) mass is 367 g/mol. The summed E-state index contributed by atoms with van der Waals surface area (Å²) in [7, 11) is 0. The van der Waals surface area contributed by atoms with Crippen molar-refractivity contribution < 1.29 is 0 Å². The van der Waals surface area contributed by atoms with E-state index in [2.05, 4.69) is 56.8 Å². The van der Waals surface area contributed by atoms with Crippen molar-refractivity contribution in [1.29, 1.82) is 0 Å². The van der Waals surface area contributed by atoms with Crippen molar-refractivity contribution in [3.63, 3.8) is 0 Å². The number of rotatable bonds is 4. The Kier molecular flexibility index (Phi) is 4.13. The van der Waals surface area contributed by atoms with Crippen LogP contribution >= 0.6 is 0 Å². The van der Waals surface area contributed by atoms with E-state index in [1.54, 1.807) is 12.4 Å². The number of fused-ring (bicyclic) bond motifs is 2. The Morgan fingerprint density at radius 1 is 1.14 bits per heavy atom. The normalized spacial score (nSPS) is 16.1. The van der Waals surface area contributed by atoms with Crippen LogP contribution in [-0.2, 0) is 6.42 Å². The minimum absolute atomic E-state index is 0.299. The number of anilines is 1. The lowest BCUT2D eigenvalue weighted by molar-refractivity contribution is 0.600. The Morgan fingerprint density at radius 3 is 2.86 bits per heavy atom. The van der Waals surface area contributed by atoms with Gasteiger partial charge >= 0.3 is 0 Å². The van der Waals surface area contributed by atoms with Crippen molar-refractivity contribution in [3.8, 4) is 11.1 Å². The Hall–Kier alpha value is -3.47. The minimum Gasteiger partial charge on any atom is -0.367 e. The van der Waals surface area contributed by atoms with Crippen molar-refractivity contribution in [1.82, 2.24) is 19.9 Å². The number of aromatic amines is 1. The Bertz CT molecular complexity index is 1130. The molecule has 0 spiro atoms. The summed E-state index contributed by atoms with van der Waals surface area (Å²) in [5.41, 5.74) is 6.53. The van der Waals surface area contributed by atoms with Gasteiger partial charge in [0.15, 0.2) is 5.65 Å². The number of aromatic nitrogens is 4. The lowest BCUT2D eigenvalue weighted by atomic mass is 9.92. The first-order chi connectivity index (χ1) is 13.8. The van der Waals surface area contributed by atoms with E-state index < -0.39 is 0 Å². The summed E-state index contributed by atoms with van der Waals surface area (Å²) in [6.07, 6.45) is 8.41. The SMILES string of the molecule is C=CCN1CC(c2nc3cc(-c4ccncc4)cnc3[nH]2)Cc2ccccc21. The highest BCUT2D eigenvalue weighted by molar-refractivity contribution is 5.78. The molecule has 1 aliphatic rings. The van der Waals surface area contributed by atoms with Gasteiger partial charge in [0.1, 0.15) is 11.3 Å². The number of hydrogen-bond acceptors (Lipinski definition) is 4. The minimum atomic E-state index is 0.299. The van der Waals surface area contributed by atoms with Gasteiger partial charge in [0.05, 0.1) is 0 Å². The van der Waals surface area contributed by atoms with Crippen LogP contribution in [0.3, 0.4) is 0 Å². The Balaban J connectivity index is 1.50. The predicted octanol–water partition coefficient (Wildman–Crippen LogP) is 4.35. The molecule has 0 saturated heterocycles. The third kappa shape index (κ3) is 2.95. The molecule has 5 rings (SSSR count). The fourth-order valence-corrected chi connectivity index (χ4v) is 4.01. The van der Waals surface area contributed by atoms with Gasteiger partial charge in [0.2, 0.25) is 0 Å². The van der Waals surface area contributed by atoms with Crippen LogP contribution in [0, 0.1) is 0 Å². The van der Waals surface area contributed by atoms with Gasteiger partial charge in [-0.25, -0.2) is 9.97 Å². The molecule has 1 aromatic carbocycles. The fraction of sp³-hybridized carbons (Fsp3) is 0.174. The summed E-state index contributed by atoms with van der Waals surface area (Å²) in [5.74, 6) is 1.30. The van der Waals surface area contributed by atoms with Crippen LogP contribution in [0.15, 0.2) is 73.7 Å². The maximum absolute atomic E-state index is 4.90. The molecular weight excluding hydrogens is 346 g/mol. The Labute approximate surface area is 163 Å². The number of pyridine rings is 2. The zero-order valence-corrected chi connectivity index (χ0v) is 15.5. The van der Waals surface area contributed by atoms with Crippen LogP contribution in [0.4, 0.5) is 5.69 Å². The number of imidazole rings is 1. The summed E-state index contributed by atoms with van der Waals surface area (Å²) >= 11 is 0. The topological polar surface area (TPSA) is 57.7 Å². The van der Waals surface area contributed by atoms with Crippen LogP contribution in [0.5, 0.6) is 0 Å². The highest BCUT2D eigenvalue weighted by Gasteiger charge is 2.27. The van der Waals surface area contributed by atoms with E-state index in [0.29, 0.717) is 5.92 Å². The molecular formula is C23H21N5. The molecule has 5 heteroatoms. The molecule has 0 radical (unpaired) electrons. The first-order valence-electron chi connectivity index (χ1n) is 9.51. The van der Waals surface area contributed by atoms with Crippen LogP contribution in [-0.4, -0.2) is 33.0 Å². The van der Waals surface area contributed by atoms with Crippen LogP contribution in [0.2, 0.25) is 0 Å². The molecule has 4 heterocycles. The van der Waals surface area contributed by atoms with Crippen molar-refractivity contribution in [2.45, 2.75) is 12.3 Å². The van der Waals surface area contributed by atoms with E-state index in [1.165, 1.54) is 11.3 Å². The van der Waals surface area contributed by atoms with Crippen molar-refractivity contribution >= 4 is 16.9 Å². The van der Waals surface area contributed by atoms with Gasteiger partial charge < -0.3 is 9.88 Å². The van der Waals surface area contributed by atoms with E-state index in [1.807, 2.05) is 24.4 Å². The van der Waals surface area contributed by atoms with Gasteiger partial charge in [-0.2, -0.15) is 0 Å². The average molecular weight is 367 g/mol. The number of benzene rings is 1. The predicted molar refractivity (Wildman–Crippen MR) is 112 cm³/mol. The number of nitrogens with zero attached hydrogens (tertiary/aromatic N) is 4. The van der Waals surface area contributed by atoms with E-state index >= 15 is 0 Å². The quantitative estimate of drug-likeness (QED) is 0.545. The molecule has 0 saturated carbocycles. The maximum atomic E-state index is 4.90. The van der Waals surface area contributed by atoms with Gasteiger partial charge in [-0.15, -0.1) is 6.58 Å². The molecule has 0 aliphatic carbocycles. The Morgan fingerprint density at radius 2 is 2.00 bits per heavy atom. The standard InChI is InChI=1S/C23H21N5/c1-2-11-28-15-19(12-17-5-3-4-6-21(17)28)22-26-20-13-18(14-25-23(20)27-22)16-7-9-24-10-8-16/h2-10,13-14,19H,1,11-12,15H2,(H,25,26,27). The summed E-state index contributed by atoms with van der Waals surface area (Å²) in [4.78, 5) is 19.4. The summed E-state index contributed by atoms with van der Waals surface area (Å²) < 4.78 is 0. The molecule has 0 bridgehead atoms. The first kappa shape index (κ1) is 16.7. The van der Waals surface area contributed by atoms with Crippen molar-refractivity contribution in [3.05, 3.63) is 85.1 Å². The average Bonchev–Trinajstić information content (AvgIpc) is 3.18. The number of H-pyrrole nitrogens is 1. The molecule has 0 amide bonds. The molecule has 138 valence electrons. The molecule has 28 heavy (non-hydrogen) atoms. The number of hydrogen-bond donors (Lipinski definition) is 1. The lowest BCUT2D eigenvalue weighted by Gasteiger charge is -2.34. The molecule has 1 atom stereocenters. The summed E-state index contributed by atoms with van der Waals surface area (Å²) in [5, 5.41) is 0. The van der Waals surface area contributed by atoms with Gasteiger partial charge in [-0.3, -0.25) is 4.98 Å².